The average Bonchev–Trinajstić information content (AvgIpc) is 3.02. The summed E-state index contributed by atoms with van der Waals surface area (Å²) in [5.41, 5.74) is 1.91. The number of benzene rings is 1. The Morgan fingerprint density at radius 1 is 1.30 bits per heavy atom. The zero-order valence-corrected chi connectivity index (χ0v) is 14.7. The van der Waals surface area contributed by atoms with Gasteiger partial charge in [-0.25, -0.2) is 0 Å². The van der Waals surface area contributed by atoms with E-state index in [-0.39, 0.29) is 0 Å². The first-order valence-corrected chi connectivity index (χ1v) is 7.74. The van der Waals surface area contributed by atoms with Crippen molar-refractivity contribution in [2.24, 2.45) is 0 Å². The molecule has 1 N–H and O–H groups in total. The van der Waals surface area contributed by atoms with Gasteiger partial charge in [0.15, 0.2) is 5.11 Å². The van der Waals surface area contributed by atoms with E-state index in [0.717, 1.165) is 23.7 Å². The molecule has 1 aromatic carbocycles. The lowest BCUT2D eigenvalue weighted by molar-refractivity contribution is 0.395. The summed E-state index contributed by atoms with van der Waals surface area (Å²) in [7, 11) is 5.18. The fourth-order valence-electron chi connectivity index (χ4n) is 2.21. The van der Waals surface area contributed by atoms with Crippen molar-refractivity contribution in [3.63, 3.8) is 0 Å². The molecule has 0 atom stereocenters. The molecule has 124 valence electrons. The number of methoxy groups -OCH3 is 2. The molecular formula is C16H22N4O2S. The molecule has 0 aliphatic heterocycles. The lowest BCUT2D eigenvalue weighted by atomic mass is 10.2. The standard InChI is InChI=1S/C16H22N4O2S/c1-5-20-12(8-9-17-20)11-19(2)16(23)18-14-7-6-13(21-3)10-15(14)22-4/h6-10H,5,11H2,1-4H3,(H,18,23). The molecule has 0 unspecified atom stereocenters. The smallest absolute Gasteiger partial charge is 0.173 e. The highest BCUT2D eigenvalue weighted by Gasteiger charge is 2.11. The van der Waals surface area contributed by atoms with Crippen molar-refractivity contribution in [1.82, 2.24) is 14.7 Å². The molecule has 0 bridgehead atoms. The monoisotopic (exact) mass is 334 g/mol. The van der Waals surface area contributed by atoms with Crippen LogP contribution >= 0.6 is 12.2 Å². The SMILES string of the molecule is CCn1nccc1CN(C)C(=S)Nc1ccc(OC)cc1OC. The second-order valence-corrected chi connectivity index (χ2v) is 5.38. The van der Waals surface area contributed by atoms with Crippen molar-refractivity contribution in [1.29, 1.82) is 0 Å². The Morgan fingerprint density at radius 2 is 2.09 bits per heavy atom. The van der Waals surface area contributed by atoms with E-state index in [1.54, 1.807) is 20.4 Å². The maximum atomic E-state index is 5.48. The molecule has 0 aliphatic carbocycles. The van der Waals surface area contributed by atoms with Crippen molar-refractivity contribution in [2.45, 2.75) is 20.0 Å². The Hall–Kier alpha value is -2.28. The highest BCUT2D eigenvalue weighted by molar-refractivity contribution is 7.80. The molecular weight excluding hydrogens is 312 g/mol. The molecule has 0 saturated heterocycles. The van der Waals surface area contributed by atoms with Crippen LogP contribution in [0.2, 0.25) is 0 Å². The highest BCUT2D eigenvalue weighted by Crippen LogP contribution is 2.29. The first-order chi connectivity index (χ1) is 11.1. The first-order valence-electron chi connectivity index (χ1n) is 7.33. The predicted octanol–water partition coefficient (Wildman–Crippen LogP) is 2.75. The number of anilines is 1. The molecule has 0 aliphatic rings. The molecule has 0 saturated carbocycles. The second-order valence-electron chi connectivity index (χ2n) is 4.99. The van der Waals surface area contributed by atoms with Gasteiger partial charge >= 0.3 is 0 Å². The molecule has 0 spiro atoms. The number of aromatic nitrogens is 2. The van der Waals surface area contributed by atoms with E-state index < -0.39 is 0 Å². The van der Waals surface area contributed by atoms with E-state index >= 15 is 0 Å². The van der Waals surface area contributed by atoms with Gasteiger partial charge in [0, 0.05) is 25.9 Å². The van der Waals surface area contributed by atoms with Crippen LogP contribution in [0.4, 0.5) is 5.69 Å². The molecule has 7 heteroatoms. The van der Waals surface area contributed by atoms with Crippen LogP contribution in [0, 0.1) is 0 Å². The van der Waals surface area contributed by atoms with Gasteiger partial charge in [-0.1, -0.05) is 0 Å². The van der Waals surface area contributed by atoms with E-state index in [1.165, 1.54) is 0 Å². The van der Waals surface area contributed by atoms with Crippen molar-refractivity contribution in [3.05, 3.63) is 36.2 Å². The van der Waals surface area contributed by atoms with Crippen LogP contribution in [0.25, 0.3) is 0 Å². The minimum atomic E-state index is 0.609. The van der Waals surface area contributed by atoms with Gasteiger partial charge in [0.05, 0.1) is 32.1 Å². The fourth-order valence-corrected chi connectivity index (χ4v) is 2.38. The van der Waals surface area contributed by atoms with E-state index in [1.807, 2.05) is 40.9 Å². The lowest BCUT2D eigenvalue weighted by Gasteiger charge is -2.22. The van der Waals surface area contributed by atoms with Gasteiger partial charge in [0.1, 0.15) is 11.5 Å². The topological polar surface area (TPSA) is 51.6 Å². The minimum Gasteiger partial charge on any atom is -0.497 e. The van der Waals surface area contributed by atoms with Crippen molar-refractivity contribution < 1.29 is 9.47 Å². The Kier molecular flexibility index (Phi) is 5.81. The zero-order chi connectivity index (χ0) is 16.8. The quantitative estimate of drug-likeness (QED) is 0.820. The number of rotatable bonds is 6. The van der Waals surface area contributed by atoms with E-state index in [9.17, 15) is 0 Å². The van der Waals surface area contributed by atoms with Gasteiger partial charge in [-0.15, -0.1) is 0 Å². The number of ether oxygens (including phenoxy) is 2. The third-order valence-corrected chi connectivity index (χ3v) is 3.91. The van der Waals surface area contributed by atoms with E-state index in [0.29, 0.717) is 17.4 Å². The van der Waals surface area contributed by atoms with Gasteiger partial charge in [-0.05, 0) is 37.3 Å². The number of nitrogens with zero attached hydrogens (tertiary/aromatic N) is 3. The third-order valence-electron chi connectivity index (χ3n) is 3.50. The van der Waals surface area contributed by atoms with Gasteiger partial charge in [0.25, 0.3) is 0 Å². The predicted molar refractivity (Wildman–Crippen MR) is 95.1 cm³/mol. The van der Waals surface area contributed by atoms with Crippen LogP contribution in [-0.4, -0.2) is 41.1 Å². The van der Waals surface area contributed by atoms with Crippen LogP contribution in [0.15, 0.2) is 30.5 Å². The molecule has 0 radical (unpaired) electrons. The van der Waals surface area contributed by atoms with Crippen molar-refractivity contribution in [2.75, 3.05) is 26.6 Å². The summed E-state index contributed by atoms with van der Waals surface area (Å²) >= 11 is 5.48. The maximum absolute atomic E-state index is 5.48. The van der Waals surface area contributed by atoms with Crippen LogP contribution in [0.5, 0.6) is 11.5 Å². The molecule has 2 aromatic rings. The van der Waals surface area contributed by atoms with E-state index in [4.69, 9.17) is 21.7 Å². The lowest BCUT2D eigenvalue weighted by Crippen LogP contribution is -2.31. The molecule has 1 heterocycles. The Balaban J connectivity index is 2.06. The summed E-state index contributed by atoms with van der Waals surface area (Å²) in [6.07, 6.45) is 1.80. The number of hydrogen-bond acceptors (Lipinski definition) is 4. The largest absolute Gasteiger partial charge is 0.497 e. The highest BCUT2D eigenvalue weighted by atomic mass is 32.1. The van der Waals surface area contributed by atoms with Crippen LogP contribution in [0.1, 0.15) is 12.6 Å². The minimum absolute atomic E-state index is 0.609. The molecule has 0 fully saturated rings. The third kappa shape index (κ3) is 4.13. The molecule has 1 aromatic heterocycles. The Labute approximate surface area is 142 Å². The summed E-state index contributed by atoms with van der Waals surface area (Å²) in [4.78, 5) is 1.96. The normalized spacial score (nSPS) is 10.3. The molecule has 0 amide bonds. The maximum Gasteiger partial charge on any atom is 0.173 e. The van der Waals surface area contributed by atoms with Crippen molar-refractivity contribution in [3.8, 4) is 11.5 Å². The van der Waals surface area contributed by atoms with Gasteiger partial charge in [-0.3, -0.25) is 4.68 Å². The van der Waals surface area contributed by atoms with E-state index in [2.05, 4.69) is 17.3 Å². The molecule has 6 nitrogen and oxygen atoms in total. The summed E-state index contributed by atoms with van der Waals surface area (Å²) < 4.78 is 12.5. The number of aryl methyl sites for hydroxylation is 1. The summed E-state index contributed by atoms with van der Waals surface area (Å²) in [5, 5.41) is 8.09. The van der Waals surface area contributed by atoms with Crippen LogP contribution in [0.3, 0.4) is 0 Å². The molecule has 2 rings (SSSR count). The van der Waals surface area contributed by atoms with Gasteiger partial charge in [0.2, 0.25) is 0 Å². The second kappa shape index (κ2) is 7.82. The summed E-state index contributed by atoms with van der Waals surface area (Å²) in [6.45, 7) is 3.58. The fraction of sp³-hybridized carbons (Fsp3) is 0.375. The zero-order valence-electron chi connectivity index (χ0n) is 13.9. The van der Waals surface area contributed by atoms with Gasteiger partial charge in [-0.2, -0.15) is 5.10 Å². The Morgan fingerprint density at radius 3 is 2.74 bits per heavy atom. The number of nitrogens with one attached hydrogen (secondary N) is 1. The summed E-state index contributed by atoms with van der Waals surface area (Å²) in [5.74, 6) is 1.41. The van der Waals surface area contributed by atoms with Crippen LogP contribution < -0.4 is 14.8 Å². The number of hydrogen-bond donors (Lipinski definition) is 1. The molecule has 23 heavy (non-hydrogen) atoms. The van der Waals surface area contributed by atoms with Crippen LogP contribution in [-0.2, 0) is 13.1 Å². The average molecular weight is 334 g/mol. The van der Waals surface area contributed by atoms with Crippen molar-refractivity contribution >= 4 is 23.0 Å². The Bertz CT molecular complexity index is 672. The summed E-state index contributed by atoms with van der Waals surface area (Å²) in [6, 6.07) is 7.56. The van der Waals surface area contributed by atoms with Gasteiger partial charge < -0.3 is 19.7 Å². The first kappa shape index (κ1) is 17.1. The number of thiocarbonyl (C=S) groups is 1.